The second-order valence-corrected chi connectivity index (χ2v) is 9.47. The summed E-state index contributed by atoms with van der Waals surface area (Å²) in [6.45, 7) is 3.44. The highest BCUT2D eigenvalue weighted by molar-refractivity contribution is 7.91. The maximum atomic E-state index is 12.8. The number of rotatable bonds is 4. The smallest absolute Gasteiger partial charge is 0.261 e. The standard InChI is InChI=1S/C17H19ClN2O3S2/c1-11-15(25(22,23)14-5-3-12(18)4-6-14)10-24-16(11)17(21)19-13-7-8-20(2)9-13/h3-6,10,13H,7-9H2,1-2H3,(H,19,21)/t13-/m1/s1. The van der Waals surface area contributed by atoms with Crippen LogP contribution in [0.2, 0.25) is 5.02 Å². The van der Waals surface area contributed by atoms with Crippen LogP contribution >= 0.6 is 22.9 Å². The van der Waals surface area contributed by atoms with E-state index in [1.165, 1.54) is 17.5 Å². The van der Waals surface area contributed by atoms with Crippen LogP contribution in [0.15, 0.2) is 39.4 Å². The lowest BCUT2D eigenvalue weighted by molar-refractivity contribution is 0.0942. The molecule has 0 radical (unpaired) electrons. The molecule has 0 aliphatic carbocycles. The van der Waals surface area contributed by atoms with Crippen LogP contribution in [0, 0.1) is 6.92 Å². The molecule has 5 nitrogen and oxygen atoms in total. The summed E-state index contributed by atoms with van der Waals surface area (Å²) in [4.78, 5) is 15.5. The molecule has 134 valence electrons. The van der Waals surface area contributed by atoms with E-state index in [-0.39, 0.29) is 21.7 Å². The molecule has 0 spiro atoms. The molecule has 0 unspecified atom stereocenters. The Morgan fingerprint density at radius 1 is 1.32 bits per heavy atom. The summed E-state index contributed by atoms with van der Waals surface area (Å²) in [5, 5.41) is 5.01. The molecular formula is C17H19ClN2O3S2. The van der Waals surface area contributed by atoms with Gasteiger partial charge >= 0.3 is 0 Å². The van der Waals surface area contributed by atoms with Crippen molar-refractivity contribution in [3.05, 3.63) is 45.1 Å². The summed E-state index contributed by atoms with van der Waals surface area (Å²) in [6.07, 6.45) is 0.905. The number of hydrogen-bond donors (Lipinski definition) is 1. The highest BCUT2D eigenvalue weighted by Crippen LogP contribution is 2.31. The van der Waals surface area contributed by atoms with Crippen LogP contribution in [-0.4, -0.2) is 45.4 Å². The van der Waals surface area contributed by atoms with E-state index >= 15 is 0 Å². The van der Waals surface area contributed by atoms with Gasteiger partial charge in [-0.3, -0.25) is 4.79 Å². The Labute approximate surface area is 156 Å². The Balaban J connectivity index is 1.85. The van der Waals surface area contributed by atoms with Crippen molar-refractivity contribution in [3.63, 3.8) is 0 Å². The minimum atomic E-state index is -3.67. The molecule has 1 amide bonds. The predicted octanol–water partition coefficient (Wildman–Crippen LogP) is 2.98. The van der Waals surface area contributed by atoms with E-state index in [1.54, 1.807) is 19.1 Å². The molecule has 1 fully saturated rings. The van der Waals surface area contributed by atoms with E-state index in [0.29, 0.717) is 15.5 Å². The van der Waals surface area contributed by atoms with Crippen LogP contribution in [0.1, 0.15) is 21.7 Å². The molecule has 1 aliphatic rings. The fraction of sp³-hybridized carbons (Fsp3) is 0.353. The van der Waals surface area contributed by atoms with E-state index in [0.717, 1.165) is 30.8 Å². The minimum absolute atomic E-state index is 0.107. The average molecular weight is 399 g/mol. The summed E-state index contributed by atoms with van der Waals surface area (Å²) in [5.41, 5.74) is 0.490. The van der Waals surface area contributed by atoms with Crippen LogP contribution < -0.4 is 5.32 Å². The zero-order valence-electron chi connectivity index (χ0n) is 14.0. The molecule has 0 saturated carbocycles. The van der Waals surface area contributed by atoms with Crippen LogP contribution in [0.5, 0.6) is 0 Å². The second kappa shape index (κ2) is 7.07. The lowest BCUT2D eigenvalue weighted by Gasteiger charge is -2.12. The monoisotopic (exact) mass is 398 g/mol. The van der Waals surface area contributed by atoms with Crippen molar-refractivity contribution in [2.24, 2.45) is 0 Å². The van der Waals surface area contributed by atoms with Gasteiger partial charge in [0.15, 0.2) is 0 Å². The van der Waals surface area contributed by atoms with Gasteiger partial charge < -0.3 is 10.2 Å². The molecule has 1 aliphatic heterocycles. The molecular weight excluding hydrogens is 380 g/mol. The number of benzene rings is 1. The fourth-order valence-corrected chi connectivity index (χ4v) is 5.88. The Morgan fingerprint density at radius 2 is 2.00 bits per heavy atom. The third-order valence-corrected chi connectivity index (χ3v) is 7.72. The molecule has 1 N–H and O–H groups in total. The van der Waals surface area contributed by atoms with Gasteiger partial charge in [-0.25, -0.2) is 8.42 Å². The molecule has 1 atom stereocenters. The van der Waals surface area contributed by atoms with E-state index in [2.05, 4.69) is 10.2 Å². The number of nitrogens with one attached hydrogen (secondary N) is 1. The third-order valence-electron chi connectivity index (χ3n) is 4.34. The van der Waals surface area contributed by atoms with Gasteiger partial charge in [-0.05, 0) is 56.8 Å². The summed E-state index contributed by atoms with van der Waals surface area (Å²) in [7, 11) is -1.66. The van der Waals surface area contributed by atoms with Gasteiger partial charge in [0.2, 0.25) is 9.84 Å². The van der Waals surface area contributed by atoms with Crippen molar-refractivity contribution in [2.75, 3.05) is 20.1 Å². The van der Waals surface area contributed by atoms with E-state index in [1.807, 2.05) is 7.05 Å². The zero-order valence-corrected chi connectivity index (χ0v) is 16.3. The number of likely N-dealkylation sites (N-methyl/N-ethyl adjacent to an activating group) is 1. The maximum absolute atomic E-state index is 12.8. The fourth-order valence-electron chi connectivity index (χ4n) is 2.93. The zero-order chi connectivity index (χ0) is 18.2. The number of carbonyl (C=O) groups is 1. The quantitative estimate of drug-likeness (QED) is 0.859. The van der Waals surface area contributed by atoms with Gasteiger partial charge in [0.1, 0.15) is 0 Å². The first-order valence-corrected chi connectivity index (χ1v) is 10.6. The molecule has 1 aromatic heterocycles. The molecule has 2 aromatic rings. The lowest BCUT2D eigenvalue weighted by atomic mass is 10.2. The van der Waals surface area contributed by atoms with Crippen LogP contribution in [0.4, 0.5) is 0 Å². The van der Waals surface area contributed by atoms with Crippen LogP contribution in [-0.2, 0) is 9.84 Å². The molecule has 1 aromatic carbocycles. The molecule has 3 rings (SSSR count). The first kappa shape index (κ1) is 18.4. The van der Waals surface area contributed by atoms with E-state index in [9.17, 15) is 13.2 Å². The van der Waals surface area contributed by atoms with Gasteiger partial charge in [0.05, 0.1) is 14.7 Å². The Morgan fingerprint density at radius 3 is 2.60 bits per heavy atom. The highest BCUT2D eigenvalue weighted by atomic mass is 35.5. The predicted molar refractivity (Wildman–Crippen MR) is 99.3 cm³/mol. The first-order chi connectivity index (χ1) is 11.8. The summed E-state index contributed by atoms with van der Waals surface area (Å²) in [6, 6.07) is 6.14. The highest BCUT2D eigenvalue weighted by Gasteiger charge is 2.27. The number of halogens is 1. The topological polar surface area (TPSA) is 66.5 Å². The number of thiophene rings is 1. The maximum Gasteiger partial charge on any atom is 0.261 e. The Hall–Kier alpha value is -1.41. The van der Waals surface area contributed by atoms with Crippen LogP contribution in [0.25, 0.3) is 0 Å². The van der Waals surface area contributed by atoms with Crippen molar-refractivity contribution in [1.82, 2.24) is 10.2 Å². The van der Waals surface area contributed by atoms with E-state index in [4.69, 9.17) is 11.6 Å². The Kier molecular flexibility index (Phi) is 5.20. The average Bonchev–Trinajstić information content (AvgIpc) is 3.13. The van der Waals surface area contributed by atoms with Crippen LogP contribution in [0.3, 0.4) is 0 Å². The van der Waals surface area contributed by atoms with Crippen molar-refractivity contribution < 1.29 is 13.2 Å². The summed E-state index contributed by atoms with van der Waals surface area (Å²) >= 11 is 6.99. The minimum Gasteiger partial charge on any atom is -0.347 e. The normalized spacial score (nSPS) is 18.4. The number of amides is 1. The summed E-state index contributed by atoms with van der Waals surface area (Å²) < 4.78 is 25.6. The SMILES string of the molecule is Cc1c(S(=O)(=O)c2ccc(Cl)cc2)csc1C(=O)N[C@@H]1CCN(C)C1. The first-order valence-electron chi connectivity index (χ1n) is 7.87. The number of hydrogen-bond acceptors (Lipinski definition) is 5. The van der Waals surface area contributed by atoms with Crippen molar-refractivity contribution >= 4 is 38.7 Å². The molecule has 0 bridgehead atoms. The molecule has 25 heavy (non-hydrogen) atoms. The number of nitrogens with zero attached hydrogens (tertiary/aromatic N) is 1. The van der Waals surface area contributed by atoms with Gasteiger partial charge in [-0.2, -0.15) is 0 Å². The molecule has 2 heterocycles. The Bertz CT molecular complexity index is 891. The number of carbonyl (C=O) groups excluding carboxylic acids is 1. The third kappa shape index (κ3) is 3.74. The van der Waals surface area contributed by atoms with Crippen molar-refractivity contribution in [2.45, 2.75) is 29.2 Å². The second-order valence-electron chi connectivity index (χ2n) is 6.23. The number of likely N-dealkylation sites (tertiary alicyclic amines) is 1. The van der Waals surface area contributed by atoms with Gasteiger partial charge in [-0.1, -0.05) is 11.6 Å². The van der Waals surface area contributed by atoms with Gasteiger partial charge in [0.25, 0.3) is 5.91 Å². The van der Waals surface area contributed by atoms with Gasteiger partial charge in [0, 0.05) is 23.0 Å². The largest absolute Gasteiger partial charge is 0.347 e. The molecule has 1 saturated heterocycles. The molecule has 8 heteroatoms. The van der Waals surface area contributed by atoms with Crippen molar-refractivity contribution in [1.29, 1.82) is 0 Å². The van der Waals surface area contributed by atoms with Crippen molar-refractivity contribution in [3.8, 4) is 0 Å². The summed E-state index contributed by atoms with van der Waals surface area (Å²) in [5.74, 6) is -0.208. The number of sulfone groups is 1. The van der Waals surface area contributed by atoms with E-state index < -0.39 is 9.84 Å². The van der Waals surface area contributed by atoms with Gasteiger partial charge in [-0.15, -0.1) is 11.3 Å². The lowest BCUT2D eigenvalue weighted by Crippen LogP contribution is -2.36.